The minimum absolute atomic E-state index is 0.628. The molecule has 4 nitrogen and oxygen atoms in total. The Balaban J connectivity index is 2.67. The highest BCUT2D eigenvalue weighted by molar-refractivity contribution is 5.94. The van der Waals surface area contributed by atoms with Gasteiger partial charge >= 0.3 is 5.97 Å². The van der Waals surface area contributed by atoms with Gasteiger partial charge in [-0.2, -0.15) is 0 Å². The molecular weight excluding hydrogens is 218 g/mol. The summed E-state index contributed by atoms with van der Waals surface area (Å²) in [6, 6.07) is 7.30. The third-order valence-corrected chi connectivity index (χ3v) is 2.40. The van der Waals surface area contributed by atoms with Gasteiger partial charge in [0, 0.05) is 23.2 Å². The summed E-state index contributed by atoms with van der Waals surface area (Å²) in [7, 11) is 1.55. The van der Waals surface area contributed by atoms with Crippen LogP contribution in [0.1, 0.15) is 5.56 Å². The standard InChI is InChI=1S/C13H11NO3/c1-17-12-6-5-11-9(3-2-8-14-11)10(12)4-7-13(15)16/h2-8H,1H3,(H,15,16)/b7-4+. The first-order chi connectivity index (χ1) is 8.22. The Bertz CT molecular complexity index is 590. The van der Waals surface area contributed by atoms with E-state index in [-0.39, 0.29) is 0 Å². The van der Waals surface area contributed by atoms with Crippen molar-refractivity contribution in [2.24, 2.45) is 0 Å². The molecule has 0 aliphatic rings. The van der Waals surface area contributed by atoms with E-state index in [9.17, 15) is 4.79 Å². The molecule has 17 heavy (non-hydrogen) atoms. The predicted molar refractivity (Wildman–Crippen MR) is 65.0 cm³/mol. The molecule has 0 amide bonds. The van der Waals surface area contributed by atoms with Crippen LogP contribution in [0.4, 0.5) is 0 Å². The van der Waals surface area contributed by atoms with Crippen molar-refractivity contribution in [3.8, 4) is 5.75 Å². The van der Waals surface area contributed by atoms with Crippen molar-refractivity contribution in [2.75, 3.05) is 7.11 Å². The van der Waals surface area contributed by atoms with E-state index in [2.05, 4.69) is 4.98 Å². The Morgan fingerprint density at radius 2 is 2.24 bits per heavy atom. The summed E-state index contributed by atoms with van der Waals surface area (Å²) in [5.74, 6) is -0.365. The number of aromatic nitrogens is 1. The predicted octanol–water partition coefficient (Wildman–Crippen LogP) is 2.34. The van der Waals surface area contributed by atoms with E-state index in [1.807, 2.05) is 12.1 Å². The van der Waals surface area contributed by atoms with E-state index >= 15 is 0 Å². The number of benzene rings is 1. The van der Waals surface area contributed by atoms with Crippen molar-refractivity contribution in [3.05, 3.63) is 42.1 Å². The zero-order chi connectivity index (χ0) is 12.3. The largest absolute Gasteiger partial charge is 0.496 e. The Morgan fingerprint density at radius 3 is 2.94 bits per heavy atom. The Kier molecular flexibility index (Phi) is 3.05. The molecule has 1 N–H and O–H groups in total. The second-order valence-electron chi connectivity index (χ2n) is 3.42. The van der Waals surface area contributed by atoms with Crippen LogP contribution in [0.5, 0.6) is 5.75 Å². The average Bonchev–Trinajstić information content (AvgIpc) is 2.35. The molecule has 1 heterocycles. The van der Waals surface area contributed by atoms with Crippen LogP contribution in [-0.4, -0.2) is 23.2 Å². The van der Waals surface area contributed by atoms with Crippen LogP contribution >= 0.6 is 0 Å². The number of hydrogen-bond acceptors (Lipinski definition) is 3. The zero-order valence-corrected chi connectivity index (χ0v) is 9.25. The maximum absolute atomic E-state index is 10.6. The molecule has 1 aromatic heterocycles. The van der Waals surface area contributed by atoms with Gasteiger partial charge in [0.05, 0.1) is 12.6 Å². The quantitative estimate of drug-likeness (QED) is 0.820. The van der Waals surface area contributed by atoms with Gasteiger partial charge in [0.15, 0.2) is 0 Å². The fraction of sp³-hybridized carbons (Fsp3) is 0.0769. The van der Waals surface area contributed by atoms with Crippen LogP contribution in [0.2, 0.25) is 0 Å². The molecule has 1 aromatic carbocycles. The first-order valence-electron chi connectivity index (χ1n) is 5.05. The Hall–Kier alpha value is -2.36. The van der Waals surface area contributed by atoms with Crippen LogP contribution in [0.3, 0.4) is 0 Å². The molecule has 0 aliphatic heterocycles. The maximum atomic E-state index is 10.6. The lowest BCUT2D eigenvalue weighted by Gasteiger charge is -2.07. The van der Waals surface area contributed by atoms with Crippen molar-refractivity contribution >= 4 is 22.9 Å². The van der Waals surface area contributed by atoms with Gasteiger partial charge in [0.1, 0.15) is 5.75 Å². The Labute approximate surface area is 98.2 Å². The molecule has 0 atom stereocenters. The number of carbonyl (C=O) groups is 1. The molecule has 0 saturated carbocycles. The molecule has 2 rings (SSSR count). The SMILES string of the molecule is COc1ccc2ncccc2c1/C=C/C(=O)O. The summed E-state index contributed by atoms with van der Waals surface area (Å²) in [5, 5.41) is 9.53. The highest BCUT2D eigenvalue weighted by atomic mass is 16.5. The molecule has 0 unspecified atom stereocenters. The Morgan fingerprint density at radius 1 is 1.41 bits per heavy atom. The molecule has 0 spiro atoms. The summed E-state index contributed by atoms with van der Waals surface area (Å²) >= 11 is 0. The first-order valence-corrected chi connectivity index (χ1v) is 5.05. The average molecular weight is 229 g/mol. The van der Waals surface area contributed by atoms with Crippen molar-refractivity contribution in [1.29, 1.82) is 0 Å². The molecule has 0 bridgehead atoms. The summed E-state index contributed by atoms with van der Waals surface area (Å²) in [5.41, 5.74) is 1.53. The number of fused-ring (bicyclic) bond motifs is 1. The van der Waals surface area contributed by atoms with Gasteiger partial charge in [-0.3, -0.25) is 4.98 Å². The number of pyridine rings is 1. The summed E-state index contributed by atoms with van der Waals surface area (Å²) < 4.78 is 5.21. The third kappa shape index (κ3) is 2.25. The normalized spacial score (nSPS) is 10.9. The van der Waals surface area contributed by atoms with Crippen molar-refractivity contribution in [1.82, 2.24) is 4.98 Å². The monoisotopic (exact) mass is 229 g/mol. The van der Waals surface area contributed by atoms with Crippen molar-refractivity contribution < 1.29 is 14.6 Å². The molecule has 4 heteroatoms. The van der Waals surface area contributed by atoms with Crippen LogP contribution in [-0.2, 0) is 4.79 Å². The number of carboxylic acids is 1. The second kappa shape index (κ2) is 4.65. The van der Waals surface area contributed by atoms with Crippen molar-refractivity contribution in [3.63, 3.8) is 0 Å². The highest BCUT2D eigenvalue weighted by Crippen LogP contribution is 2.27. The van der Waals surface area contributed by atoms with Gasteiger partial charge in [0.2, 0.25) is 0 Å². The van der Waals surface area contributed by atoms with Gasteiger partial charge in [-0.15, -0.1) is 0 Å². The van der Waals surface area contributed by atoms with Crippen LogP contribution < -0.4 is 4.74 Å². The minimum Gasteiger partial charge on any atom is -0.496 e. The smallest absolute Gasteiger partial charge is 0.328 e. The number of methoxy groups -OCH3 is 1. The molecule has 86 valence electrons. The van der Waals surface area contributed by atoms with E-state index in [0.717, 1.165) is 22.5 Å². The van der Waals surface area contributed by atoms with Gasteiger partial charge < -0.3 is 9.84 Å². The van der Waals surface area contributed by atoms with E-state index < -0.39 is 5.97 Å². The van der Waals surface area contributed by atoms with E-state index in [0.29, 0.717) is 5.75 Å². The number of ether oxygens (including phenoxy) is 1. The first kappa shape index (κ1) is 11.1. The molecule has 0 aliphatic carbocycles. The van der Waals surface area contributed by atoms with Crippen LogP contribution in [0, 0.1) is 0 Å². The lowest BCUT2D eigenvalue weighted by Crippen LogP contribution is -1.91. The number of carboxylic acid groups (broad SMARTS) is 1. The summed E-state index contributed by atoms with van der Waals surface area (Å²) in [4.78, 5) is 14.8. The zero-order valence-electron chi connectivity index (χ0n) is 9.25. The summed E-state index contributed by atoms with van der Waals surface area (Å²) in [6.07, 6.45) is 4.30. The maximum Gasteiger partial charge on any atom is 0.328 e. The lowest BCUT2D eigenvalue weighted by atomic mass is 10.1. The van der Waals surface area contributed by atoms with Gasteiger partial charge in [-0.25, -0.2) is 4.79 Å². The van der Waals surface area contributed by atoms with Crippen LogP contribution in [0.15, 0.2) is 36.5 Å². The molecule has 0 fully saturated rings. The van der Waals surface area contributed by atoms with Crippen LogP contribution in [0.25, 0.3) is 17.0 Å². The number of hydrogen-bond donors (Lipinski definition) is 1. The fourth-order valence-electron chi connectivity index (χ4n) is 1.66. The fourth-order valence-corrected chi connectivity index (χ4v) is 1.66. The highest BCUT2D eigenvalue weighted by Gasteiger charge is 2.06. The lowest BCUT2D eigenvalue weighted by molar-refractivity contribution is -0.131. The van der Waals surface area contributed by atoms with E-state index in [1.54, 1.807) is 25.4 Å². The second-order valence-corrected chi connectivity index (χ2v) is 3.42. The van der Waals surface area contributed by atoms with Gasteiger partial charge in [-0.05, 0) is 24.3 Å². The number of nitrogens with zero attached hydrogens (tertiary/aromatic N) is 1. The van der Waals surface area contributed by atoms with Gasteiger partial charge in [-0.1, -0.05) is 6.07 Å². The minimum atomic E-state index is -0.993. The van der Waals surface area contributed by atoms with E-state index in [4.69, 9.17) is 9.84 Å². The summed E-state index contributed by atoms with van der Waals surface area (Å²) in [6.45, 7) is 0. The van der Waals surface area contributed by atoms with Crippen molar-refractivity contribution in [2.45, 2.75) is 0 Å². The number of rotatable bonds is 3. The molecule has 0 saturated heterocycles. The molecular formula is C13H11NO3. The molecule has 0 radical (unpaired) electrons. The number of aliphatic carboxylic acids is 1. The third-order valence-electron chi connectivity index (χ3n) is 2.40. The topological polar surface area (TPSA) is 59.4 Å². The molecule has 2 aromatic rings. The van der Waals surface area contributed by atoms with Gasteiger partial charge in [0.25, 0.3) is 0 Å². The van der Waals surface area contributed by atoms with E-state index in [1.165, 1.54) is 6.08 Å².